The SMILES string of the molecule is CC[C@@]1(O)C[C@H](O[C@H]2C[C@H](N(C)C)[C@H](O[C@H]3C[C@@H]4OC5CC(=O)[C@H](C)OC5O[C@@H]4[C@H](C)O3)[C@H](C)O2)c2c(cc3c(c2O)C(=O)c2c(O)cccc2C3=O)[C@H]1C(=O)OC. The zero-order valence-electron chi connectivity index (χ0n) is 33.5. The number of aromatic hydroxyl groups is 2. The Morgan fingerprint density at radius 2 is 1.62 bits per heavy atom. The van der Waals surface area contributed by atoms with E-state index in [0.29, 0.717) is 6.42 Å². The van der Waals surface area contributed by atoms with E-state index in [2.05, 4.69) is 0 Å². The third-order valence-electron chi connectivity index (χ3n) is 12.8. The molecule has 2 unspecified atom stereocenters. The van der Waals surface area contributed by atoms with Crippen molar-refractivity contribution in [3.63, 3.8) is 0 Å². The average Bonchev–Trinajstić information content (AvgIpc) is 3.17. The van der Waals surface area contributed by atoms with Gasteiger partial charge in [-0.3, -0.25) is 19.2 Å². The van der Waals surface area contributed by atoms with Gasteiger partial charge in [0.25, 0.3) is 0 Å². The highest BCUT2D eigenvalue weighted by molar-refractivity contribution is 6.30. The fraction of sp³-hybridized carbons (Fsp3) is 0.619. The molecule has 3 N–H and O–H groups in total. The quantitative estimate of drug-likeness (QED) is 0.293. The minimum atomic E-state index is -1.75. The number of methoxy groups -OCH3 is 1. The molecule has 8 rings (SSSR count). The summed E-state index contributed by atoms with van der Waals surface area (Å²) in [6.45, 7) is 7.13. The zero-order chi connectivity index (χ0) is 41.5. The lowest BCUT2D eigenvalue weighted by molar-refractivity contribution is -0.371. The van der Waals surface area contributed by atoms with Crippen LogP contribution in [0.3, 0.4) is 0 Å². The normalized spacial score (nSPS) is 38.3. The summed E-state index contributed by atoms with van der Waals surface area (Å²) in [5.41, 5.74) is -2.42. The Bertz CT molecular complexity index is 2000. The van der Waals surface area contributed by atoms with Crippen LogP contribution < -0.4 is 0 Å². The lowest BCUT2D eigenvalue weighted by Crippen LogP contribution is -2.62. The smallest absolute Gasteiger partial charge is 0.316 e. The monoisotopic (exact) mass is 809 g/mol. The minimum absolute atomic E-state index is 0.0407. The number of carbonyl (C=O) groups is 4. The van der Waals surface area contributed by atoms with Crippen LogP contribution in [0.25, 0.3) is 0 Å². The molecule has 2 aromatic carbocycles. The Morgan fingerprint density at radius 3 is 2.33 bits per heavy atom. The van der Waals surface area contributed by atoms with Gasteiger partial charge in [0.05, 0.1) is 48.3 Å². The highest BCUT2D eigenvalue weighted by Gasteiger charge is 2.54. The first-order valence-electron chi connectivity index (χ1n) is 19.9. The van der Waals surface area contributed by atoms with Crippen LogP contribution in [0.15, 0.2) is 24.3 Å². The number of hydrogen-bond donors (Lipinski definition) is 3. The summed E-state index contributed by atoms with van der Waals surface area (Å²) >= 11 is 0. The van der Waals surface area contributed by atoms with Gasteiger partial charge < -0.3 is 58.1 Å². The fourth-order valence-electron chi connectivity index (χ4n) is 9.71. The van der Waals surface area contributed by atoms with Crippen LogP contribution in [-0.4, -0.2) is 138 Å². The van der Waals surface area contributed by atoms with Crippen molar-refractivity contribution < 1.29 is 72.4 Å². The lowest BCUT2D eigenvalue weighted by Gasteiger charge is -2.51. The van der Waals surface area contributed by atoms with Crippen LogP contribution in [-0.2, 0) is 47.5 Å². The van der Waals surface area contributed by atoms with E-state index in [-0.39, 0.29) is 70.9 Å². The molecule has 4 aliphatic heterocycles. The molecule has 58 heavy (non-hydrogen) atoms. The second-order valence-corrected chi connectivity index (χ2v) is 16.5. The molecule has 16 heteroatoms. The summed E-state index contributed by atoms with van der Waals surface area (Å²) in [7, 11) is 4.98. The number of phenols is 2. The van der Waals surface area contributed by atoms with Gasteiger partial charge in [0.15, 0.2) is 30.4 Å². The van der Waals surface area contributed by atoms with E-state index in [1.165, 1.54) is 31.4 Å². The van der Waals surface area contributed by atoms with E-state index in [1.807, 2.05) is 32.8 Å². The second-order valence-electron chi connectivity index (χ2n) is 16.5. The number of benzene rings is 2. The molecular weight excluding hydrogens is 758 g/mol. The highest BCUT2D eigenvalue weighted by atomic mass is 16.8. The van der Waals surface area contributed by atoms with E-state index in [0.717, 1.165) is 0 Å². The maximum absolute atomic E-state index is 13.9. The summed E-state index contributed by atoms with van der Waals surface area (Å²) in [6, 6.07) is 5.18. The lowest BCUT2D eigenvalue weighted by atomic mass is 9.67. The molecular formula is C42H51NO15. The predicted molar refractivity (Wildman–Crippen MR) is 199 cm³/mol. The first-order chi connectivity index (χ1) is 27.5. The zero-order valence-corrected chi connectivity index (χ0v) is 33.5. The van der Waals surface area contributed by atoms with E-state index < -0.39 is 108 Å². The van der Waals surface area contributed by atoms with Crippen molar-refractivity contribution in [2.24, 2.45) is 0 Å². The molecule has 4 fully saturated rings. The Labute approximate surface area is 335 Å². The fourth-order valence-corrected chi connectivity index (χ4v) is 9.71. The number of nitrogens with zero attached hydrogens (tertiary/aromatic N) is 1. The molecule has 0 saturated carbocycles. The first kappa shape index (κ1) is 40.9. The summed E-state index contributed by atoms with van der Waals surface area (Å²) in [6.07, 6.45) is -6.13. The largest absolute Gasteiger partial charge is 0.507 e. The number of fused-ring (bicyclic) bond motifs is 5. The Hall–Kier alpha value is -3.84. The van der Waals surface area contributed by atoms with Gasteiger partial charge in [0, 0.05) is 48.4 Å². The van der Waals surface area contributed by atoms with E-state index in [1.54, 1.807) is 13.8 Å². The number of Topliss-reactive ketones (excluding diaryl/α,β-unsaturated/α-hetero) is 1. The number of likely N-dealkylation sites (N-methyl/N-ethyl adjacent to an activating group) is 1. The predicted octanol–water partition coefficient (Wildman–Crippen LogP) is 3.17. The van der Waals surface area contributed by atoms with E-state index >= 15 is 0 Å². The Kier molecular flexibility index (Phi) is 10.8. The van der Waals surface area contributed by atoms with Gasteiger partial charge in [-0.15, -0.1) is 0 Å². The molecule has 2 aromatic rings. The van der Waals surface area contributed by atoms with Crippen LogP contribution in [0.5, 0.6) is 11.5 Å². The van der Waals surface area contributed by atoms with Gasteiger partial charge in [0.2, 0.25) is 5.78 Å². The standard InChI is InChI=1S/C42H51NO15/c1-8-42(50)16-28(32-21(34(42)40(49)51-7)12-22-33(37(32)48)36(47)31-20(35(22)46)10-9-11-24(31)44)56-29-13-23(43(5)6)38(18(3)52-29)57-30-15-26-39(19(4)53-30)58-41-27(55-26)14-25(45)17(2)54-41/h9-12,17-19,23,26-30,34,38-39,41,44,48,50H,8,13-16H2,1-7H3/t17-,18-,19-,23-,26-,27?,28-,29-,30-,34-,38+,39+,41?,42+/m0/s1. The number of esters is 1. The summed E-state index contributed by atoms with van der Waals surface area (Å²) < 4.78 is 49.6. The maximum atomic E-state index is 13.9. The number of ether oxygens (including phenoxy) is 8. The molecule has 2 aliphatic carbocycles. The van der Waals surface area contributed by atoms with E-state index in [9.17, 15) is 34.5 Å². The van der Waals surface area contributed by atoms with Crippen molar-refractivity contribution in [2.75, 3.05) is 21.2 Å². The third-order valence-corrected chi connectivity index (χ3v) is 12.8. The summed E-state index contributed by atoms with van der Waals surface area (Å²) in [5.74, 6) is -4.59. The molecule has 4 saturated heterocycles. The number of aliphatic hydroxyl groups is 1. The minimum Gasteiger partial charge on any atom is -0.507 e. The Balaban J connectivity index is 1.06. The van der Waals surface area contributed by atoms with Gasteiger partial charge in [0.1, 0.15) is 41.8 Å². The third kappa shape index (κ3) is 6.76. The molecule has 0 bridgehead atoms. The highest BCUT2D eigenvalue weighted by Crippen LogP contribution is 2.54. The first-order valence-corrected chi connectivity index (χ1v) is 19.9. The number of phenolic OH excluding ortho intramolecular Hbond substituents is 2. The molecule has 0 aromatic heterocycles. The van der Waals surface area contributed by atoms with Crippen molar-refractivity contribution >= 4 is 23.3 Å². The van der Waals surface area contributed by atoms with Crippen molar-refractivity contribution in [3.8, 4) is 11.5 Å². The van der Waals surface area contributed by atoms with Gasteiger partial charge in [-0.1, -0.05) is 19.1 Å². The number of carbonyl (C=O) groups excluding carboxylic acids is 4. The Morgan fingerprint density at radius 1 is 0.897 bits per heavy atom. The summed E-state index contributed by atoms with van der Waals surface area (Å²) in [5, 5.41) is 34.8. The number of ketones is 3. The van der Waals surface area contributed by atoms with Crippen molar-refractivity contribution in [3.05, 3.63) is 57.6 Å². The van der Waals surface area contributed by atoms with Crippen molar-refractivity contribution in [1.82, 2.24) is 4.90 Å². The van der Waals surface area contributed by atoms with Gasteiger partial charge in [-0.05, 0) is 59.0 Å². The van der Waals surface area contributed by atoms with Gasteiger partial charge in [-0.25, -0.2) is 0 Å². The molecule has 0 radical (unpaired) electrons. The van der Waals surface area contributed by atoms with Crippen LogP contribution in [0.2, 0.25) is 0 Å². The van der Waals surface area contributed by atoms with Gasteiger partial charge in [-0.2, -0.15) is 0 Å². The van der Waals surface area contributed by atoms with Crippen LogP contribution >= 0.6 is 0 Å². The number of hydrogen-bond acceptors (Lipinski definition) is 16. The van der Waals surface area contributed by atoms with Crippen LogP contribution in [0.1, 0.15) is 115 Å². The van der Waals surface area contributed by atoms with Crippen molar-refractivity contribution in [1.29, 1.82) is 0 Å². The number of rotatable bonds is 7. The molecule has 4 heterocycles. The molecule has 6 aliphatic rings. The van der Waals surface area contributed by atoms with Crippen LogP contribution in [0, 0.1) is 0 Å². The van der Waals surface area contributed by atoms with E-state index in [4.69, 9.17) is 37.9 Å². The molecule has 16 nitrogen and oxygen atoms in total. The molecule has 0 spiro atoms. The molecule has 0 amide bonds. The second kappa shape index (κ2) is 15.3. The van der Waals surface area contributed by atoms with Crippen molar-refractivity contribution in [2.45, 2.75) is 145 Å². The summed E-state index contributed by atoms with van der Waals surface area (Å²) in [4.78, 5) is 55.6. The maximum Gasteiger partial charge on any atom is 0.316 e. The average molecular weight is 810 g/mol. The molecule has 314 valence electrons. The molecule has 14 atom stereocenters. The van der Waals surface area contributed by atoms with Crippen LogP contribution in [0.4, 0.5) is 0 Å². The topological polar surface area (TPSA) is 206 Å². The van der Waals surface area contributed by atoms with Gasteiger partial charge >= 0.3 is 5.97 Å².